The maximum Gasteiger partial charge on any atom is 0.127 e. The SMILES string of the molecule is Cc1ccnc(S(=O)CC2CCCN2)c1.Cl. The van der Waals surface area contributed by atoms with Crippen molar-refractivity contribution in [3.05, 3.63) is 23.9 Å². The Bertz CT molecular complexity index is 367. The summed E-state index contributed by atoms with van der Waals surface area (Å²) in [4.78, 5) is 4.15. The summed E-state index contributed by atoms with van der Waals surface area (Å²) < 4.78 is 12.0. The number of rotatable bonds is 3. The van der Waals surface area contributed by atoms with E-state index in [0.717, 1.165) is 18.5 Å². The number of hydrogen-bond donors (Lipinski definition) is 1. The minimum Gasteiger partial charge on any atom is -0.313 e. The van der Waals surface area contributed by atoms with Crippen LogP contribution in [0, 0.1) is 6.92 Å². The summed E-state index contributed by atoms with van der Waals surface area (Å²) in [5.74, 6) is 0.691. The van der Waals surface area contributed by atoms with E-state index in [1.54, 1.807) is 6.20 Å². The van der Waals surface area contributed by atoms with Crippen LogP contribution in [0.2, 0.25) is 0 Å². The number of nitrogens with zero attached hydrogens (tertiary/aromatic N) is 1. The predicted octanol–water partition coefficient (Wildman–Crippen LogP) is 1.67. The molecule has 0 aromatic carbocycles. The van der Waals surface area contributed by atoms with Gasteiger partial charge in [-0.2, -0.15) is 0 Å². The summed E-state index contributed by atoms with van der Waals surface area (Å²) >= 11 is 0. The Morgan fingerprint density at radius 2 is 2.44 bits per heavy atom. The van der Waals surface area contributed by atoms with Crippen LogP contribution < -0.4 is 5.32 Å². The van der Waals surface area contributed by atoms with Crippen molar-refractivity contribution < 1.29 is 4.21 Å². The van der Waals surface area contributed by atoms with Gasteiger partial charge in [0.2, 0.25) is 0 Å². The third kappa shape index (κ3) is 3.54. The van der Waals surface area contributed by atoms with Crippen LogP contribution in [0.15, 0.2) is 23.4 Å². The zero-order chi connectivity index (χ0) is 10.7. The molecule has 1 aromatic heterocycles. The maximum atomic E-state index is 12.0. The zero-order valence-electron chi connectivity index (χ0n) is 9.31. The molecule has 0 spiro atoms. The van der Waals surface area contributed by atoms with E-state index in [0.29, 0.717) is 16.8 Å². The van der Waals surface area contributed by atoms with Gasteiger partial charge < -0.3 is 5.32 Å². The Labute approximate surface area is 105 Å². The quantitative estimate of drug-likeness (QED) is 0.899. The highest BCUT2D eigenvalue weighted by Crippen LogP contribution is 2.11. The van der Waals surface area contributed by atoms with E-state index >= 15 is 0 Å². The summed E-state index contributed by atoms with van der Waals surface area (Å²) in [5.41, 5.74) is 1.12. The van der Waals surface area contributed by atoms with E-state index in [9.17, 15) is 4.21 Å². The van der Waals surface area contributed by atoms with Gasteiger partial charge in [0.1, 0.15) is 5.03 Å². The van der Waals surface area contributed by atoms with Crippen LogP contribution in [0.1, 0.15) is 18.4 Å². The summed E-state index contributed by atoms with van der Waals surface area (Å²) in [6.45, 7) is 3.05. The molecule has 0 bridgehead atoms. The molecule has 2 atom stereocenters. The molecule has 1 N–H and O–H groups in total. The predicted molar refractivity (Wildman–Crippen MR) is 68.5 cm³/mol. The van der Waals surface area contributed by atoms with Gasteiger partial charge in [0.15, 0.2) is 0 Å². The summed E-state index contributed by atoms with van der Waals surface area (Å²) in [7, 11) is -0.957. The first kappa shape index (κ1) is 13.6. The maximum absolute atomic E-state index is 12.0. The van der Waals surface area contributed by atoms with Gasteiger partial charge in [-0.15, -0.1) is 12.4 Å². The van der Waals surface area contributed by atoms with Gasteiger partial charge in [0, 0.05) is 18.0 Å². The second-order valence-electron chi connectivity index (χ2n) is 3.98. The molecule has 0 saturated carbocycles. The standard InChI is InChI=1S/C11H16N2OS.ClH/c1-9-4-6-13-11(7-9)15(14)8-10-3-2-5-12-10;/h4,6-7,10,12H,2-3,5,8H2,1H3;1H. The molecule has 1 saturated heterocycles. The van der Waals surface area contributed by atoms with Crippen LogP contribution in [0.25, 0.3) is 0 Å². The first-order valence-electron chi connectivity index (χ1n) is 5.30. The molecule has 0 radical (unpaired) electrons. The van der Waals surface area contributed by atoms with E-state index < -0.39 is 10.8 Å². The minimum atomic E-state index is -0.957. The number of hydrogen-bond acceptors (Lipinski definition) is 3. The van der Waals surface area contributed by atoms with Crippen LogP contribution in [0.5, 0.6) is 0 Å². The van der Waals surface area contributed by atoms with Crippen molar-refractivity contribution in [2.24, 2.45) is 0 Å². The monoisotopic (exact) mass is 260 g/mol. The average molecular weight is 261 g/mol. The van der Waals surface area contributed by atoms with Crippen molar-refractivity contribution in [3.8, 4) is 0 Å². The fourth-order valence-electron chi connectivity index (χ4n) is 1.80. The van der Waals surface area contributed by atoms with Crippen molar-refractivity contribution in [3.63, 3.8) is 0 Å². The van der Waals surface area contributed by atoms with Crippen LogP contribution in [-0.4, -0.2) is 27.5 Å². The van der Waals surface area contributed by atoms with Crippen LogP contribution in [0.3, 0.4) is 0 Å². The third-order valence-electron chi connectivity index (χ3n) is 2.64. The van der Waals surface area contributed by atoms with Crippen LogP contribution in [-0.2, 0) is 10.8 Å². The van der Waals surface area contributed by atoms with Gasteiger partial charge in [0.05, 0.1) is 10.8 Å². The van der Waals surface area contributed by atoms with Crippen LogP contribution >= 0.6 is 12.4 Å². The normalized spacial score (nSPS) is 21.4. The Morgan fingerprint density at radius 3 is 3.06 bits per heavy atom. The van der Waals surface area contributed by atoms with Crippen molar-refractivity contribution in [1.29, 1.82) is 0 Å². The Morgan fingerprint density at radius 1 is 1.62 bits per heavy atom. The van der Waals surface area contributed by atoms with Crippen molar-refractivity contribution in [1.82, 2.24) is 10.3 Å². The zero-order valence-corrected chi connectivity index (χ0v) is 10.9. The van der Waals surface area contributed by atoms with Crippen molar-refractivity contribution >= 4 is 23.2 Å². The van der Waals surface area contributed by atoms with Gasteiger partial charge in [-0.3, -0.25) is 4.21 Å². The lowest BCUT2D eigenvalue weighted by Crippen LogP contribution is -2.27. The molecule has 1 fully saturated rings. The average Bonchev–Trinajstić information content (AvgIpc) is 2.70. The Balaban J connectivity index is 0.00000128. The van der Waals surface area contributed by atoms with E-state index in [1.807, 2.05) is 19.1 Å². The van der Waals surface area contributed by atoms with Gasteiger partial charge in [-0.05, 0) is 44.0 Å². The molecule has 1 aliphatic heterocycles. The highest BCUT2D eigenvalue weighted by molar-refractivity contribution is 7.85. The topological polar surface area (TPSA) is 42.0 Å². The van der Waals surface area contributed by atoms with Gasteiger partial charge in [0.25, 0.3) is 0 Å². The molecule has 16 heavy (non-hydrogen) atoms. The number of halogens is 1. The molecule has 5 heteroatoms. The molecule has 90 valence electrons. The minimum absolute atomic E-state index is 0. The molecule has 1 aliphatic rings. The second-order valence-corrected chi connectivity index (χ2v) is 5.42. The number of aromatic nitrogens is 1. The molecular formula is C11H17ClN2OS. The van der Waals surface area contributed by atoms with Gasteiger partial charge in [-0.25, -0.2) is 4.98 Å². The fourth-order valence-corrected chi connectivity index (χ4v) is 3.12. The van der Waals surface area contributed by atoms with Crippen LogP contribution in [0.4, 0.5) is 0 Å². The van der Waals surface area contributed by atoms with E-state index in [1.165, 1.54) is 6.42 Å². The summed E-state index contributed by atoms with van der Waals surface area (Å²) in [6.07, 6.45) is 4.06. The van der Waals surface area contributed by atoms with E-state index in [4.69, 9.17) is 0 Å². The lowest BCUT2D eigenvalue weighted by Gasteiger charge is -2.09. The molecule has 1 aromatic rings. The summed E-state index contributed by atoms with van der Waals surface area (Å²) in [5, 5.41) is 4.06. The highest BCUT2D eigenvalue weighted by Gasteiger charge is 2.18. The number of pyridine rings is 1. The molecule has 3 nitrogen and oxygen atoms in total. The Kier molecular flexibility index (Phi) is 5.38. The third-order valence-corrected chi connectivity index (χ3v) is 4.03. The first-order valence-corrected chi connectivity index (χ1v) is 6.62. The largest absolute Gasteiger partial charge is 0.313 e. The van der Waals surface area contributed by atoms with Crippen molar-refractivity contribution in [2.75, 3.05) is 12.3 Å². The van der Waals surface area contributed by atoms with E-state index in [2.05, 4.69) is 10.3 Å². The first-order chi connectivity index (χ1) is 7.25. The molecule has 2 unspecified atom stereocenters. The summed E-state index contributed by atoms with van der Waals surface area (Å²) in [6, 6.07) is 4.24. The van der Waals surface area contributed by atoms with Gasteiger partial charge in [-0.1, -0.05) is 0 Å². The smallest absolute Gasteiger partial charge is 0.127 e. The van der Waals surface area contributed by atoms with E-state index in [-0.39, 0.29) is 12.4 Å². The van der Waals surface area contributed by atoms with Crippen molar-refractivity contribution in [2.45, 2.75) is 30.8 Å². The van der Waals surface area contributed by atoms with Gasteiger partial charge >= 0.3 is 0 Å². The highest BCUT2D eigenvalue weighted by atomic mass is 35.5. The molecule has 2 rings (SSSR count). The lowest BCUT2D eigenvalue weighted by atomic mass is 10.3. The molecule has 2 heterocycles. The fraction of sp³-hybridized carbons (Fsp3) is 0.545. The molecular weight excluding hydrogens is 244 g/mol. The Hall–Kier alpha value is -0.450. The number of aryl methyl sites for hydroxylation is 1. The number of nitrogens with one attached hydrogen (secondary N) is 1. The molecule has 0 amide bonds. The lowest BCUT2D eigenvalue weighted by molar-refractivity contribution is 0.641. The second kappa shape index (κ2) is 6.33. The molecule has 0 aliphatic carbocycles.